The molecule has 2 unspecified atom stereocenters. The van der Waals surface area contributed by atoms with Gasteiger partial charge < -0.3 is 10.6 Å². The van der Waals surface area contributed by atoms with Gasteiger partial charge in [-0.15, -0.1) is 22.7 Å². The molecule has 1 fully saturated rings. The highest BCUT2D eigenvalue weighted by atomic mass is 35.5. The van der Waals surface area contributed by atoms with Crippen LogP contribution in [0.5, 0.6) is 0 Å². The lowest BCUT2D eigenvalue weighted by Crippen LogP contribution is -2.36. The lowest BCUT2D eigenvalue weighted by molar-refractivity contribution is 0.0941. The van der Waals surface area contributed by atoms with Crippen molar-refractivity contribution in [3.05, 3.63) is 50.2 Å². The Balaban J connectivity index is 1.47. The second-order valence-electron chi connectivity index (χ2n) is 8.82. The average Bonchev–Trinajstić information content (AvgIpc) is 3.40. The van der Waals surface area contributed by atoms with Gasteiger partial charge in [0.2, 0.25) is 0 Å². The van der Waals surface area contributed by atoms with Crippen LogP contribution in [-0.4, -0.2) is 37.8 Å². The molecule has 0 spiro atoms. The lowest BCUT2D eigenvalue weighted by Gasteiger charge is -2.19. The smallest absolute Gasteiger partial charge is 0.267 e. The SMILES string of the molecule is CC1CCc2c(sc(NC(=O)c3sc4ccccc4c3Cl)c2C(=O)NC2CCS(=O)(=O)C2)C1. The van der Waals surface area contributed by atoms with Crippen LogP contribution in [0.1, 0.15) is 50.2 Å². The van der Waals surface area contributed by atoms with Crippen LogP contribution in [0.4, 0.5) is 5.00 Å². The van der Waals surface area contributed by atoms with E-state index in [2.05, 4.69) is 17.6 Å². The van der Waals surface area contributed by atoms with Crippen LogP contribution in [0.2, 0.25) is 5.02 Å². The van der Waals surface area contributed by atoms with Crippen molar-refractivity contribution in [3.8, 4) is 0 Å². The summed E-state index contributed by atoms with van der Waals surface area (Å²) in [6.07, 6.45) is 3.00. The Labute approximate surface area is 205 Å². The van der Waals surface area contributed by atoms with Gasteiger partial charge in [0, 0.05) is 21.0 Å². The molecule has 0 saturated carbocycles. The third-order valence-corrected chi connectivity index (χ3v) is 10.9. The van der Waals surface area contributed by atoms with Crippen molar-refractivity contribution in [1.82, 2.24) is 5.32 Å². The number of anilines is 1. The highest BCUT2D eigenvalue weighted by molar-refractivity contribution is 7.91. The summed E-state index contributed by atoms with van der Waals surface area (Å²) in [5.41, 5.74) is 1.44. The Hall–Kier alpha value is -1.94. The molecule has 2 N–H and O–H groups in total. The zero-order valence-corrected chi connectivity index (χ0v) is 21.1. The minimum atomic E-state index is -3.11. The number of halogens is 1. The zero-order valence-electron chi connectivity index (χ0n) is 17.9. The Morgan fingerprint density at radius 2 is 1.91 bits per heavy atom. The standard InChI is InChI=1S/C23H23ClN2O4S3/c1-12-6-7-14-17(10-12)32-23(18(14)21(27)25-13-8-9-33(29,30)11-13)26-22(28)20-19(24)15-4-2-3-5-16(15)31-20/h2-5,12-13H,6-11H2,1H3,(H,25,27)(H,26,28). The number of hydrogen-bond acceptors (Lipinski definition) is 6. The molecule has 3 heterocycles. The van der Waals surface area contributed by atoms with Gasteiger partial charge in [0.05, 0.1) is 22.1 Å². The fourth-order valence-corrected chi connectivity index (χ4v) is 9.05. The Kier molecular flexibility index (Phi) is 6.01. The summed E-state index contributed by atoms with van der Waals surface area (Å²) in [6.45, 7) is 2.18. The molecule has 33 heavy (non-hydrogen) atoms. The first kappa shape index (κ1) is 22.8. The summed E-state index contributed by atoms with van der Waals surface area (Å²) in [7, 11) is -3.11. The summed E-state index contributed by atoms with van der Waals surface area (Å²) in [5.74, 6) is -0.105. The fourth-order valence-electron chi connectivity index (χ4n) is 4.57. The van der Waals surface area contributed by atoms with E-state index in [1.54, 1.807) is 0 Å². The lowest BCUT2D eigenvalue weighted by atomic mass is 9.88. The van der Waals surface area contributed by atoms with Gasteiger partial charge in [-0.05, 0) is 43.2 Å². The molecule has 5 rings (SSSR count). The summed E-state index contributed by atoms with van der Waals surface area (Å²) in [4.78, 5) is 28.0. The van der Waals surface area contributed by atoms with E-state index in [0.29, 0.717) is 32.8 Å². The van der Waals surface area contributed by atoms with Gasteiger partial charge in [0.15, 0.2) is 9.84 Å². The topological polar surface area (TPSA) is 92.3 Å². The van der Waals surface area contributed by atoms with E-state index < -0.39 is 15.9 Å². The van der Waals surface area contributed by atoms with Crippen LogP contribution in [0.3, 0.4) is 0 Å². The van der Waals surface area contributed by atoms with Gasteiger partial charge in [-0.25, -0.2) is 8.42 Å². The number of thiophene rings is 2. The summed E-state index contributed by atoms with van der Waals surface area (Å²) in [5, 5.41) is 7.59. The normalized spacial score (nSPS) is 21.6. The Morgan fingerprint density at radius 3 is 2.64 bits per heavy atom. The molecule has 0 bridgehead atoms. The molecule has 2 amide bonds. The second-order valence-corrected chi connectivity index (χ2v) is 13.6. The molecule has 0 radical (unpaired) electrons. The number of sulfone groups is 1. The van der Waals surface area contributed by atoms with Gasteiger partial charge in [-0.1, -0.05) is 36.7 Å². The number of fused-ring (bicyclic) bond motifs is 2. The summed E-state index contributed by atoms with van der Waals surface area (Å²) < 4.78 is 24.6. The van der Waals surface area contributed by atoms with Gasteiger partial charge in [-0.2, -0.15) is 0 Å². The Bertz CT molecular complexity index is 1380. The predicted octanol–water partition coefficient (Wildman–Crippen LogP) is 4.91. The maximum Gasteiger partial charge on any atom is 0.267 e. The van der Waals surface area contributed by atoms with Crippen LogP contribution in [0.25, 0.3) is 10.1 Å². The number of carbonyl (C=O) groups excluding carboxylic acids is 2. The van der Waals surface area contributed by atoms with Crippen LogP contribution in [0.15, 0.2) is 24.3 Å². The molecule has 2 aromatic heterocycles. The molecule has 1 aromatic carbocycles. The third kappa shape index (κ3) is 4.43. The highest BCUT2D eigenvalue weighted by Crippen LogP contribution is 2.41. The Morgan fingerprint density at radius 1 is 1.12 bits per heavy atom. The molecule has 10 heteroatoms. The van der Waals surface area contributed by atoms with E-state index in [0.717, 1.165) is 39.8 Å². The first-order valence-corrected chi connectivity index (χ1v) is 14.7. The van der Waals surface area contributed by atoms with Crippen LogP contribution >= 0.6 is 34.3 Å². The highest BCUT2D eigenvalue weighted by Gasteiger charge is 2.33. The average molecular weight is 523 g/mol. The molecule has 1 aliphatic carbocycles. The van der Waals surface area contributed by atoms with Gasteiger partial charge in [0.25, 0.3) is 11.8 Å². The number of rotatable bonds is 4. The largest absolute Gasteiger partial charge is 0.348 e. The van der Waals surface area contributed by atoms with E-state index >= 15 is 0 Å². The zero-order chi connectivity index (χ0) is 23.3. The molecule has 1 saturated heterocycles. The monoisotopic (exact) mass is 522 g/mol. The van der Waals surface area contributed by atoms with Crippen molar-refractivity contribution in [2.45, 2.75) is 38.6 Å². The van der Waals surface area contributed by atoms with Crippen molar-refractivity contribution in [3.63, 3.8) is 0 Å². The van der Waals surface area contributed by atoms with Crippen molar-refractivity contribution in [2.75, 3.05) is 16.8 Å². The van der Waals surface area contributed by atoms with E-state index in [9.17, 15) is 18.0 Å². The molecule has 174 valence electrons. The quantitative estimate of drug-likeness (QED) is 0.509. The first-order valence-electron chi connectivity index (χ1n) is 10.9. The number of carbonyl (C=O) groups is 2. The van der Waals surface area contributed by atoms with E-state index in [1.807, 2.05) is 24.3 Å². The third-order valence-electron chi connectivity index (χ3n) is 6.27. The number of hydrogen-bond donors (Lipinski definition) is 2. The molecule has 6 nitrogen and oxygen atoms in total. The summed E-state index contributed by atoms with van der Waals surface area (Å²) >= 11 is 9.26. The minimum Gasteiger partial charge on any atom is -0.348 e. The molecule has 2 atom stereocenters. The van der Waals surface area contributed by atoms with Crippen molar-refractivity contribution < 1.29 is 18.0 Å². The van der Waals surface area contributed by atoms with E-state index in [4.69, 9.17) is 11.6 Å². The van der Waals surface area contributed by atoms with Crippen molar-refractivity contribution >= 4 is 71.0 Å². The molecule has 3 aromatic rings. The maximum absolute atomic E-state index is 13.3. The van der Waals surface area contributed by atoms with Gasteiger partial charge in [-0.3, -0.25) is 9.59 Å². The predicted molar refractivity (Wildman–Crippen MR) is 135 cm³/mol. The fraction of sp³-hybridized carbons (Fsp3) is 0.391. The van der Waals surface area contributed by atoms with Gasteiger partial charge in [0.1, 0.15) is 9.88 Å². The summed E-state index contributed by atoms with van der Waals surface area (Å²) in [6, 6.07) is 7.17. The maximum atomic E-state index is 13.3. The van der Waals surface area contributed by atoms with Crippen LogP contribution in [-0.2, 0) is 22.7 Å². The molecule has 2 aliphatic rings. The number of benzene rings is 1. The van der Waals surface area contributed by atoms with Crippen molar-refractivity contribution in [1.29, 1.82) is 0 Å². The molecule has 1 aliphatic heterocycles. The molecular formula is C23H23ClN2O4S3. The number of amides is 2. The number of nitrogens with one attached hydrogen (secondary N) is 2. The van der Waals surface area contributed by atoms with Crippen LogP contribution < -0.4 is 10.6 Å². The van der Waals surface area contributed by atoms with Crippen LogP contribution in [0, 0.1) is 5.92 Å². The van der Waals surface area contributed by atoms with Gasteiger partial charge >= 0.3 is 0 Å². The van der Waals surface area contributed by atoms with E-state index in [-0.39, 0.29) is 23.3 Å². The first-order chi connectivity index (χ1) is 15.7. The minimum absolute atomic E-state index is 0.0405. The second kappa shape index (κ2) is 8.69. The molecular weight excluding hydrogens is 500 g/mol. The van der Waals surface area contributed by atoms with Crippen molar-refractivity contribution in [2.24, 2.45) is 5.92 Å². The van der Waals surface area contributed by atoms with E-state index in [1.165, 1.54) is 22.7 Å².